The van der Waals surface area contributed by atoms with Crippen molar-refractivity contribution in [2.45, 2.75) is 57.3 Å². The number of aliphatic hydroxyl groups is 1. The summed E-state index contributed by atoms with van der Waals surface area (Å²) in [4.78, 5) is 22.6. The minimum absolute atomic E-state index is 0.0270. The van der Waals surface area contributed by atoms with Gasteiger partial charge in [0.1, 0.15) is 24.0 Å². The summed E-state index contributed by atoms with van der Waals surface area (Å²) >= 11 is 0. The maximum absolute atomic E-state index is 13.8. The van der Waals surface area contributed by atoms with Crippen LogP contribution in [0.1, 0.15) is 48.7 Å². The summed E-state index contributed by atoms with van der Waals surface area (Å²) in [6.45, 7) is 5.59. The molecule has 4 aromatic rings. The fraction of sp³-hybridized carbons (Fsp3) is 0.417. The van der Waals surface area contributed by atoms with Gasteiger partial charge in [-0.3, -0.25) is 14.1 Å². The average Bonchev–Trinajstić information content (AvgIpc) is 3.82. The first-order valence-electron chi connectivity index (χ1n) is 16.7. The van der Waals surface area contributed by atoms with Crippen molar-refractivity contribution in [3.05, 3.63) is 89.6 Å². The van der Waals surface area contributed by atoms with Crippen molar-refractivity contribution in [1.82, 2.24) is 20.6 Å². The molecule has 1 saturated carbocycles. The summed E-state index contributed by atoms with van der Waals surface area (Å²) in [7, 11) is -2.40. The van der Waals surface area contributed by atoms with Gasteiger partial charge in [0.25, 0.3) is 5.91 Å². The first kappa shape index (κ1) is 37.8. The molecule has 0 aliphatic heterocycles. The smallest absolute Gasteiger partial charge is 0.416 e. The number of ether oxygens (including phenoxy) is 1. The van der Waals surface area contributed by atoms with E-state index in [1.807, 2.05) is 6.07 Å². The molecule has 2 aromatic carbocycles. The molecule has 15 heteroatoms. The van der Waals surface area contributed by atoms with Crippen LogP contribution in [0.4, 0.5) is 24.8 Å². The van der Waals surface area contributed by atoms with Gasteiger partial charge >= 0.3 is 6.18 Å². The molecule has 0 spiro atoms. The lowest BCUT2D eigenvalue weighted by Crippen LogP contribution is -2.50. The standard InChI is InChI=1S/C36H43F3N6O5S/c1-22(2)51(48,49)45(4)34-17-26(16-33(44-34)42-19-27-13-23(27)3)35(47)43-31(21-50-29-10-11-30-25(15-29)8-6-12-41-30)32(46)20-40-18-24-7-5-9-28(14-24)36(37,38)39/h5-12,14-17,22-23,27,31-32,40,46H,13,18-21H2,1-4H3,(H,42,44)(H,43,47). The maximum atomic E-state index is 13.8. The van der Waals surface area contributed by atoms with Crippen molar-refractivity contribution in [2.24, 2.45) is 11.8 Å². The fourth-order valence-electron chi connectivity index (χ4n) is 5.46. The first-order valence-corrected chi connectivity index (χ1v) is 18.2. The van der Waals surface area contributed by atoms with Crippen LogP contribution in [0.5, 0.6) is 5.75 Å². The normalized spacial score (nSPS) is 17.2. The van der Waals surface area contributed by atoms with Gasteiger partial charge < -0.3 is 25.8 Å². The molecule has 2 heterocycles. The summed E-state index contributed by atoms with van der Waals surface area (Å²) in [5.41, 5.74) is 0.439. The lowest BCUT2D eigenvalue weighted by atomic mass is 10.1. The van der Waals surface area contributed by atoms with Gasteiger partial charge in [-0.1, -0.05) is 31.2 Å². The van der Waals surface area contributed by atoms with Crippen LogP contribution in [-0.2, 0) is 22.7 Å². The summed E-state index contributed by atoms with van der Waals surface area (Å²) in [6, 6.07) is 15.7. The Labute approximate surface area is 295 Å². The molecule has 51 heavy (non-hydrogen) atoms. The Morgan fingerprint density at radius 1 is 1.10 bits per heavy atom. The number of benzene rings is 2. The SMILES string of the molecule is CC1CC1CNc1cc(C(=O)NC(COc2ccc3ncccc3c2)C(O)CNCc2cccc(C(F)(F)F)c2)cc(N(C)S(=O)(=O)C(C)C)n1. The van der Waals surface area contributed by atoms with E-state index in [9.17, 15) is 31.5 Å². The van der Waals surface area contributed by atoms with Crippen LogP contribution >= 0.6 is 0 Å². The van der Waals surface area contributed by atoms with Gasteiger partial charge in [0.2, 0.25) is 10.0 Å². The highest BCUT2D eigenvalue weighted by molar-refractivity contribution is 7.93. The van der Waals surface area contributed by atoms with Crippen molar-refractivity contribution >= 4 is 38.5 Å². The molecule has 2 aromatic heterocycles. The molecule has 5 rings (SSSR count). The molecule has 1 amide bonds. The number of amides is 1. The van der Waals surface area contributed by atoms with E-state index in [0.717, 1.165) is 33.8 Å². The Balaban J connectivity index is 1.36. The molecule has 1 aliphatic rings. The highest BCUT2D eigenvalue weighted by atomic mass is 32.2. The second-order valence-corrected chi connectivity index (χ2v) is 15.7. The summed E-state index contributed by atoms with van der Waals surface area (Å²) in [5.74, 6) is 1.20. The second kappa shape index (κ2) is 15.8. The van der Waals surface area contributed by atoms with Crippen LogP contribution < -0.4 is 25.0 Å². The molecule has 274 valence electrons. The molecule has 11 nitrogen and oxygen atoms in total. The molecule has 1 aliphatic carbocycles. The third kappa shape index (κ3) is 9.86. The van der Waals surface area contributed by atoms with E-state index in [2.05, 4.69) is 32.8 Å². The van der Waals surface area contributed by atoms with Gasteiger partial charge in [0, 0.05) is 43.8 Å². The molecular formula is C36H43F3N6O5S. The Morgan fingerprint density at radius 3 is 2.57 bits per heavy atom. The molecular weight excluding hydrogens is 685 g/mol. The van der Waals surface area contributed by atoms with Crippen LogP contribution in [-0.4, -0.2) is 73.5 Å². The number of carbonyl (C=O) groups is 1. The number of hydrogen-bond donors (Lipinski definition) is 4. The van der Waals surface area contributed by atoms with Crippen molar-refractivity contribution < 1.29 is 36.2 Å². The third-order valence-corrected chi connectivity index (χ3v) is 11.1. The van der Waals surface area contributed by atoms with E-state index < -0.39 is 45.1 Å². The number of nitrogens with one attached hydrogen (secondary N) is 3. The number of anilines is 2. The number of pyridine rings is 2. The van der Waals surface area contributed by atoms with Gasteiger partial charge in [-0.2, -0.15) is 13.2 Å². The third-order valence-electron chi connectivity index (χ3n) is 8.92. The molecule has 4 atom stereocenters. The van der Waals surface area contributed by atoms with E-state index in [4.69, 9.17) is 4.74 Å². The number of aliphatic hydroxyl groups excluding tert-OH is 1. The molecule has 4 unspecified atom stereocenters. The van der Waals surface area contributed by atoms with Crippen LogP contribution in [0.15, 0.2) is 72.9 Å². The molecule has 0 bridgehead atoms. The maximum Gasteiger partial charge on any atom is 0.416 e. The Bertz CT molecular complexity index is 1940. The highest BCUT2D eigenvalue weighted by Gasteiger charge is 2.33. The number of fused-ring (bicyclic) bond motifs is 1. The predicted octanol–water partition coefficient (Wildman–Crippen LogP) is 5.22. The second-order valence-electron chi connectivity index (χ2n) is 13.2. The number of carbonyl (C=O) groups excluding carboxylic acids is 1. The number of nitrogens with zero attached hydrogens (tertiary/aromatic N) is 3. The van der Waals surface area contributed by atoms with Crippen LogP contribution in [0, 0.1) is 11.8 Å². The largest absolute Gasteiger partial charge is 0.491 e. The van der Waals surface area contributed by atoms with Crippen LogP contribution in [0.2, 0.25) is 0 Å². The van der Waals surface area contributed by atoms with E-state index >= 15 is 0 Å². The fourth-order valence-corrected chi connectivity index (χ4v) is 6.45. The van der Waals surface area contributed by atoms with Gasteiger partial charge in [0.15, 0.2) is 0 Å². The Hall–Kier alpha value is -4.47. The minimum atomic E-state index is -4.49. The number of halogens is 3. The first-order chi connectivity index (χ1) is 24.1. The molecule has 0 saturated heterocycles. The zero-order chi connectivity index (χ0) is 36.9. The van der Waals surface area contributed by atoms with Gasteiger partial charge in [0.05, 0.1) is 28.5 Å². The molecule has 0 radical (unpaired) electrons. The molecule has 4 N–H and O–H groups in total. The van der Waals surface area contributed by atoms with E-state index in [-0.39, 0.29) is 31.1 Å². The molecule has 1 fully saturated rings. The average molecular weight is 729 g/mol. The topological polar surface area (TPSA) is 146 Å². The van der Waals surface area contributed by atoms with Crippen molar-refractivity contribution in [3.63, 3.8) is 0 Å². The zero-order valence-electron chi connectivity index (χ0n) is 28.8. The summed E-state index contributed by atoms with van der Waals surface area (Å²) < 4.78 is 72.8. The van der Waals surface area contributed by atoms with Crippen molar-refractivity contribution in [1.29, 1.82) is 0 Å². The van der Waals surface area contributed by atoms with Crippen LogP contribution in [0.25, 0.3) is 10.9 Å². The predicted molar refractivity (Wildman–Crippen MR) is 190 cm³/mol. The van der Waals surface area contributed by atoms with Crippen molar-refractivity contribution in [3.8, 4) is 5.75 Å². The Morgan fingerprint density at radius 2 is 1.86 bits per heavy atom. The number of sulfonamides is 1. The quantitative estimate of drug-likeness (QED) is 0.122. The number of aromatic nitrogens is 2. The van der Waals surface area contributed by atoms with E-state index in [1.54, 1.807) is 50.4 Å². The lowest BCUT2D eigenvalue weighted by molar-refractivity contribution is -0.137. The summed E-state index contributed by atoms with van der Waals surface area (Å²) in [5, 5.41) is 20.4. The zero-order valence-corrected chi connectivity index (χ0v) is 29.6. The number of hydrogen-bond acceptors (Lipinski definition) is 9. The summed E-state index contributed by atoms with van der Waals surface area (Å²) in [6.07, 6.45) is -3.02. The van der Waals surface area contributed by atoms with Gasteiger partial charge in [-0.25, -0.2) is 13.4 Å². The van der Waals surface area contributed by atoms with Crippen molar-refractivity contribution in [2.75, 3.05) is 36.4 Å². The number of rotatable bonds is 16. The van der Waals surface area contributed by atoms with Crippen LogP contribution in [0.3, 0.4) is 0 Å². The highest BCUT2D eigenvalue weighted by Crippen LogP contribution is 2.37. The van der Waals surface area contributed by atoms with E-state index in [1.165, 1.54) is 25.2 Å². The van der Waals surface area contributed by atoms with Gasteiger partial charge in [-0.05, 0) is 80.1 Å². The lowest BCUT2D eigenvalue weighted by Gasteiger charge is -2.26. The van der Waals surface area contributed by atoms with Gasteiger partial charge in [-0.15, -0.1) is 0 Å². The monoisotopic (exact) mass is 728 g/mol. The minimum Gasteiger partial charge on any atom is -0.491 e. The van der Waals surface area contributed by atoms with E-state index in [0.29, 0.717) is 35.5 Å². The number of alkyl halides is 3. The Kier molecular flexibility index (Phi) is 11.7.